The number of carbonyl (C=O) groups excluding carboxylic acids is 1. The molecule has 3 N–H and O–H groups in total. The molecule has 1 aliphatic rings. The van der Waals surface area contributed by atoms with E-state index >= 15 is 0 Å². The van der Waals surface area contributed by atoms with Crippen molar-refractivity contribution in [3.05, 3.63) is 67.9 Å². The Hall–Kier alpha value is -2.79. The summed E-state index contributed by atoms with van der Waals surface area (Å²) in [6.07, 6.45) is -2.23. The minimum Gasteiger partial charge on any atom is -0.370 e. The topological polar surface area (TPSA) is 78.0 Å². The number of halogens is 7. The number of piperidine rings is 1. The molecule has 1 atom stereocenters. The van der Waals surface area contributed by atoms with Crippen LogP contribution >= 0.6 is 46.4 Å². The number of alkyl halides is 3. The highest BCUT2D eigenvalue weighted by Gasteiger charge is 2.42. The standard InChI is InChI=1S/C26H23Cl4F3N6O/c1-38-21-9-20(39-6-2-3-14(12-39)26(31,32)33)17(29)8-18(21)36-25(38)37-23-16(28)5-4-13(22(23)30)10-35-24(40)19-7-15(27)11-34-19/h4-5,7-9,11,14,34H,2-3,6,10,12H2,1H3,(H,35,40)(H,36,37). The number of anilines is 3. The molecule has 3 heterocycles. The molecule has 1 aliphatic heterocycles. The second-order valence-electron chi connectivity index (χ2n) is 9.55. The van der Waals surface area contributed by atoms with Gasteiger partial charge in [0.05, 0.1) is 48.4 Å². The minimum atomic E-state index is -4.26. The van der Waals surface area contributed by atoms with Crippen molar-refractivity contribution >= 4 is 80.7 Å². The molecule has 212 valence electrons. The lowest BCUT2D eigenvalue weighted by Gasteiger charge is -2.35. The van der Waals surface area contributed by atoms with Crippen LogP contribution in [0, 0.1) is 5.92 Å². The van der Waals surface area contributed by atoms with Crippen molar-refractivity contribution in [3.8, 4) is 0 Å². The smallest absolute Gasteiger partial charge is 0.370 e. The summed E-state index contributed by atoms with van der Waals surface area (Å²) in [5.74, 6) is -1.37. The Labute approximate surface area is 247 Å². The first-order chi connectivity index (χ1) is 18.9. The number of aromatic nitrogens is 3. The van der Waals surface area contributed by atoms with Crippen molar-refractivity contribution in [1.82, 2.24) is 19.9 Å². The molecule has 7 nitrogen and oxygen atoms in total. The van der Waals surface area contributed by atoms with Gasteiger partial charge in [-0.2, -0.15) is 13.2 Å². The van der Waals surface area contributed by atoms with E-state index in [4.69, 9.17) is 46.4 Å². The second kappa shape index (κ2) is 11.2. The summed E-state index contributed by atoms with van der Waals surface area (Å²) in [4.78, 5) is 21.5. The summed E-state index contributed by atoms with van der Waals surface area (Å²) in [7, 11) is 1.76. The Morgan fingerprint density at radius 2 is 1.93 bits per heavy atom. The highest BCUT2D eigenvalue weighted by atomic mass is 35.5. The average molecular weight is 634 g/mol. The Bertz CT molecular complexity index is 1580. The van der Waals surface area contributed by atoms with Crippen molar-refractivity contribution in [3.63, 3.8) is 0 Å². The predicted molar refractivity (Wildman–Crippen MR) is 153 cm³/mol. The molecule has 14 heteroatoms. The predicted octanol–water partition coefficient (Wildman–Crippen LogP) is 7.97. The SMILES string of the molecule is Cn1c(Nc2c(Cl)ccc(CNC(=O)c3cc(Cl)c[nH]3)c2Cl)nc2cc(Cl)c(N3CCCC(C(F)(F)F)C3)cc21. The Morgan fingerprint density at radius 1 is 1.15 bits per heavy atom. The first-order valence-electron chi connectivity index (χ1n) is 12.3. The maximum absolute atomic E-state index is 13.4. The second-order valence-corrected chi connectivity index (χ2v) is 11.2. The van der Waals surface area contributed by atoms with E-state index in [1.54, 1.807) is 40.8 Å². The lowest BCUT2D eigenvalue weighted by atomic mass is 9.97. The number of fused-ring (bicyclic) bond motifs is 1. The van der Waals surface area contributed by atoms with Crippen LogP contribution in [-0.4, -0.2) is 39.7 Å². The fraction of sp³-hybridized carbons (Fsp3) is 0.308. The summed E-state index contributed by atoms with van der Waals surface area (Å²) in [6.45, 7) is 0.450. The van der Waals surface area contributed by atoms with E-state index in [0.29, 0.717) is 67.6 Å². The van der Waals surface area contributed by atoms with Crippen LogP contribution in [0.1, 0.15) is 28.9 Å². The molecular weight excluding hydrogens is 611 g/mol. The van der Waals surface area contributed by atoms with E-state index < -0.39 is 12.1 Å². The maximum atomic E-state index is 13.4. The molecule has 2 aromatic heterocycles. The molecular formula is C26H23Cl4F3N6O. The maximum Gasteiger partial charge on any atom is 0.393 e. The quantitative estimate of drug-likeness (QED) is 0.201. The highest BCUT2D eigenvalue weighted by molar-refractivity contribution is 6.39. The molecule has 0 aliphatic carbocycles. The first-order valence-corrected chi connectivity index (χ1v) is 13.8. The third-order valence-electron chi connectivity index (χ3n) is 6.91. The van der Waals surface area contributed by atoms with Crippen molar-refractivity contribution in [2.24, 2.45) is 13.0 Å². The van der Waals surface area contributed by atoms with Gasteiger partial charge in [-0.25, -0.2) is 4.98 Å². The number of hydrogen-bond acceptors (Lipinski definition) is 4. The van der Waals surface area contributed by atoms with Crippen LogP contribution in [0.15, 0.2) is 36.5 Å². The van der Waals surface area contributed by atoms with E-state index in [0.717, 1.165) is 0 Å². The van der Waals surface area contributed by atoms with Crippen LogP contribution in [0.3, 0.4) is 0 Å². The minimum absolute atomic E-state index is 0.101. The van der Waals surface area contributed by atoms with Gasteiger partial charge >= 0.3 is 6.18 Å². The van der Waals surface area contributed by atoms with E-state index in [-0.39, 0.29) is 30.4 Å². The van der Waals surface area contributed by atoms with Gasteiger partial charge in [-0.1, -0.05) is 52.5 Å². The van der Waals surface area contributed by atoms with E-state index in [1.807, 2.05) is 0 Å². The number of hydrogen-bond donors (Lipinski definition) is 3. The van der Waals surface area contributed by atoms with Gasteiger partial charge in [-0.05, 0) is 42.7 Å². The van der Waals surface area contributed by atoms with Crippen molar-refractivity contribution in [2.75, 3.05) is 23.3 Å². The summed E-state index contributed by atoms with van der Waals surface area (Å²) < 4.78 is 41.9. The number of benzene rings is 2. The van der Waals surface area contributed by atoms with Gasteiger partial charge in [-0.3, -0.25) is 4.79 Å². The molecule has 0 bridgehead atoms. The van der Waals surface area contributed by atoms with E-state index in [2.05, 4.69) is 20.6 Å². The molecule has 0 radical (unpaired) electrons. The molecule has 0 spiro atoms. The fourth-order valence-electron chi connectivity index (χ4n) is 4.75. The number of imidazole rings is 1. The number of carbonyl (C=O) groups is 1. The molecule has 1 unspecified atom stereocenters. The summed E-state index contributed by atoms with van der Waals surface area (Å²) in [5.41, 5.74) is 3.03. The summed E-state index contributed by atoms with van der Waals surface area (Å²) in [5, 5.41) is 7.27. The zero-order chi connectivity index (χ0) is 28.8. The number of nitrogens with one attached hydrogen (secondary N) is 3. The molecule has 2 aromatic carbocycles. The number of nitrogens with zero attached hydrogens (tertiary/aromatic N) is 3. The Morgan fingerprint density at radius 3 is 2.62 bits per heavy atom. The molecule has 1 amide bonds. The third-order valence-corrected chi connectivity index (χ3v) is 8.18. The Kier molecular flexibility index (Phi) is 8.07. The van der Waals surface area contributed by atoms with Gasteiger partial charge in [0.2, 0.25) is 5.95 Å². The largest absolute Gasteiger partial charge is 0.393 e. The zero-order valence-electron chi connectivity index (χ0n) is 21.0. The van der Waals surface area contributed by atoms with E-state index in [1.165, 1.54) is 12.3 Å². The average Bonchev–Trinajstić information content (AvgIpc) is 3.47. The summed E-state index contributed by atoms with van der Waals surface area (Å²) >= 11 is 25.5. The van der Waals surface area contributed by atoms with Crippen molar-refractivity contribution in [2.45, 2.75) is 25.6 Å². The fourth-order valence-corrected chi connectivity index (χ4v) is 5.72. The lowest BCUT2D eigenvalue weighted by Crippen LogP contribution is -2.41. The molecule has 4 aromatic rings. The lowest BCUT2D eigenvalue weighted by molar-refractivity contribution is -0.175. The van der Waals surface area contributed by atoms with Crippen LogP contribution in [-0.2, 0) is 13.6 Å². The molecule has 1 saturated heterocycles. The summed E-state index contributed by atoms with van der Waals surface area (Å²) in [6, 6.07) is 8.24. The van der Waals surface area contributed by atoms with E-state index in [9.17, 15) is 18.0 Å². The first kappa shape index (κ1) is 28.7. The zero-order valence-corrected chi connectivity index (χ0v) is 24.0. The number of rotatable bonds is 6. The van der Waals surface area contributed by atoms with Crippen LogP contribution in [0.25, 0.3) is 11.0 Å². The van der Waals surface area contributed by atoms with Crippen LogP contribution < -0.4 is 15.5 Å². The molecule has 5 rings (SSSR count). The normalized spacial score (nSPS) is 16.0. The van der Waals surface area contributed by atoms with Gasteiger partial charge in [0, 0.05) is 32.9 Å². The van der Waals surface area contributed by atoms with Crippen molar-refractivity contribution in [1.29, 1.82) is 0 Å². The van der Waals surface area contributed by atoms with Crippen molar-refractivity contribution < 1.29 is 18.0 Å². The Balaban J connectivity index is 1.39. The highest BCUT2D eigenvalue weighted by Crippen LogP contribution is 2.40. The van der Waals surface area contributed by atoms with Gasteiger partial charge in [-0.15, -0.1) is 0 Å². The number of aryl methyl sites for hydroxylation is 1. The van der Waals surface area contributed by atoms with Crippen LogP contribution in [0.5, 0.6) is 0 Å². The van der Waals surface area contributed by atoms with Gasteiger partial charge < -0.3 is 25.1 Å². The van der Waals surface area contributed by atoms with Crippen LogP contribution in [0.2, 0.25) is 20.1 Å². The number of amides is 1. The molecule has 1 fully saturated rings. The monoisotopic (exact) mass is 632 g/mol. The third kappa shape index (κ3) is 5.81. The number of aromatic amines is 1. The van der Waals surface area contributed by atoms with Gasteiger partial charge in [0.25, 0.3) is 5.91 Å². The molecule has 40 heavy (non-hydrogen) atoms. The number of H-pyrrole nitrogens is 1. The van der Waals surface area contributed by atoms with Crippen LogP contribution in [0.4, 0.5) is 30.5 Å². The molecule has 0 saturated carbocycles. The van der Waals surface area contributed by atoms with Gasteiger partial charge in [0.15, 0.2) is 0 Å². The van der Waals surface area contributed by atoms with Gasteiger partial charge in [0.1, 0.15) is 5.69 Å².